The molecule has 0 spiro atoms. The first-order valence-corrected chi connectivity index (χ1v) is 4.91. The predicted octanol–water partition coefficient (Wildman–Crippen LogP) is 2.60. The molecule has 0 aromatic heterocycles. The zero-order valence-corrected chi connectivity index (χ0v) is 9.48. The largest absolute Gasteiger partial charge is 0.198 e. The van der Waals surface area contributed by atoms with Gasteiger partial charge in [-0.3, -0.25) is 0 Å². The monoisotopic (exact) mass is 227 g/mol. The van der Waals surface area contributed by atoms with Gasteiger partial charge in [0, 0.05) is 0 Å². The highest BCUT2D eigenvalue weighted by Gasteiger charge is 1.97. The minimum atomic E-state index is 0. The van der Waals surface area contributed by atoms with E-state index in [0.717, 1.165) is 0 Å². The fraction of sp³-hybridized carbons (Fsp3) is 0.143. The van der Waals surface area contributed by atoms with Crippen LogP contribution in [-0.2, 0) is 11.8 Å². The summed E-state index contributed by atoms with van der Waals surface area (Å²) >= 11 is 4.93. The molecular formula is C7H10Cl2PS+. The van der Waals surface area contributed by atoms with Crippen molar-refractivity contribution in [3.63, 3.8) is 0 Å². The van der Waals surface area contributed by atoms with Gasteiger partial charge < -0.3 is 0 Å². The molecule has 11 heavy (non-hydrogen) atoms. The lowest BCUT2D eigenvalue weighted by Crippen LogP contribution is -1.94. The number of aryl methyl sites for hydroxylation is 1. The molecule has 0 amide bonds. The Hall–Kier alpha value is 0.320. The zero-order valence-electron chi connectivity index (χ0n) is 6.03. The van der Waals surface area contributed by atoms with Gasteiger partial charge in [-0.1, -0.05) is 18.2 Å². The second-order valence-electron chi connectivity index (χ2n) is 1.92. The van der Waals surface area contributed by atoms with Gasteiger partial charge in [0.2, 0.25) is 0 Å². The van der Waals surface area contributed by atoms with E-state index in [4.69, 9.17) is 11.8 Å². The molecule has 0 aliphatic carbocycles. The molecule has 1 rings (SSSR count). The van der Waals surface area contributed by atoms with E-state index in [-0.39, 0.29) is 24.8 Å². The van der Waals surface area contributed by atoms with E-state index in [9.17, 15) is 0 Å². The van der Waals surface area contributed by atoms with Crippen LogP contribution < -0.4 is 5.30 Å². The molecule has 1 aromatic carbocycles. The Morgan fingerprint density at radius 3 is 2.09 bits per heavy atom. The van der Waals surface area contributed by atoms with Crippen molar-refractivity contribution in [1.82, 2.24) is 0 Å². The molecule has 0 fully saturated rings. The number of rotatable bonds is 1. The average molecular weight is 228 g/mol. The third-order valence-corrected chi connectivity index (χ3v) is 2.70. The maximum Gasteiger partial charge on any atom is 0.198 e. The van der Waals surface area contributed by atoms with E-state index in [1.807, 2.05) is 12.1 Å². The molecule has 0 nitrogen and oxygen atoms in total. The van der Waals surface area contributed by atoms with Crippen molar-refractivity contribution in [3.05, 3.63) is 29.8 Å². The number of benzene rings is 1. The molecule has 0 radical (unpaired) electrons. The molecule has 0 N–H and O–H groups in total. The highest BCUT2D eigenvalue weighted by Crippen LogP contribution is 2.00. The third kappa shape index (κ3) is 4.03. The van der Waals surface area contributed by atoms with Crippen LogP contribution in [0.5, 0.6) is 0 Å². The summed E-state index contributed by atoms with van der Waals surface area (Å²) in [5, 5.41) is 1.30. The van der Waals surface area contributed by atoms with Crippen LogP contribution in [0.4, 0.5) is 0 Å². The second-order valence-corrected chi connectivity index (χ2v) is 3.27. The van der Waals surface area contributed by atoms with Crippen molar-refractivity contribution in [1.29, 1.82) is 0 Å². The average Bonchev–Trinajstić information content (AvgIpc) is 1.89. The summed E-state index contributed by atoms with van der Waals surface area (Å²) in [5.41, 5.74) is 1.31. The van der Waals surface area contributed by atoms with E-state index in [0.29, 0.717) is 7.36 Å². The number of hydrogen-bond donors (Lipinski definition) is 0. The van der Waals surface area contributed by atoms with Gasteiger partial charge in [-0.15, -0.1) is 24.8 Å². The van der Waals surface area contributed by atoms with Crippen LogP contribution >= 0.6 is 32.2 Å². The number of hydrogen-bond acceptors (Lipinski definition) is 1. The summed E-state index contributed by atoms with van der Waals surface area (Å²) in [4.78, 5) is 0. The quantitative estimate of drug-likeness (QED) is 0.666. The van der Waals surface area contributed by atoms with Crippen molar-refractivity contribution >= 4 is 49.3 Å². The van der Waals surface area contributed by atoms with E-state index in [1.165, 1.54) is 10.9 Å². The fourth-order valence-corrected chi connectivity index (χ4v) is 1.78. The SMILES string of the molecule is Cc1ccccc1[PH+]=S.Cl.Cl. The summed E-state index contributed by atoms with van der Waals surface area (Å²) in [5.74, 6) is 0. The second kappa shape index (κ2) is 7.00. The Kier molecular flexibility index (Phi) is 8.83. The molecule has 62 valence electrons. The van der Waals surface area contributed by atoms with E-state index >= 15 is 0 Å². The predicted molar refractivity (Wildman–Crippen MR) is 61.0 cm³/mol. The molecule has 0 aliphatic rings. The molecular weight excluding hydrogens is 218 g/mol. The standard InChI is InChI=1S/C7H7PS.2ClH/c1-6-4-2-3-5-7(6)8-9;;/h2-5H,1H3;2*1H/p+1. The Labute approximate surface area is 86.1 Å². The van der Waals surface area contributed by atoms with Crippen LogP contribution in [0.3, 0.4) is 0 Å². The van der Waals surface area contributed by atoms with Crippen molar-refractivity contribution in [2.24, 2.45) is 0 Å². The van der Waals surface area contributed by atoms with E-state index in [1.54, 1.807) is 0 Å². The van der Waals surface area contributed by atoms with Crippen LogP contribution in [0.1, 0.15) is 5.56 Å². The molecule has 4 heteroatoms. The molecule has 0 saturated heterocycles. The lowest BCUT2D eigenvalue weighted by atomic mass is 10.2. The molecule has 0 aliphatic heterocycles. The summed E-state index contributed by atoms with van der Waals surface area (Å²) in [6.07, 6.45) is 0. The van der Waals surface area contributed by atoms with Gasteiger partial charge in [-0.05, 0) is 18.6 Å². The van der Waals surface area contributed by atoms with Gasteiger partial charge in [0.1, 0.15) is 0 Å². The zero-order chi connectivity index (χ0) is 6.69. The van der Waals surface area contributed by atoms with Gasteiger partial charge in [0.15, 0.2) is 24.5 Å². The Bertz CT molecular complexity index is 227. The summed E-state index contributed by atoms with van der Waals surface area (Å²) in [6.45, 7) is 2.09. The van der Waals surface area contributed by atoms with E-state index < -0.39 is 0 Å². The summed E-state index contributed by atoms with van der Waals surface area (Å²) < 4.78 is 0. The Balaban J connectivity index is 0. The third-order valence-electron chi connectivity index (χ3n) is 1.26. The lowest BCUT2D eigenvalue weighted by molar-refractivity contribution is 1.52. The van der Waals surface area contributed by atoms with Crippen LogP contribution in [-0.4, -0.2) is 0 Å². The van der Waals surface area contributed by atoms with Gasteiger partial charge in [-0.2, -0.15) is 0 Å². The smallest absolute Gasteiger partial charge is 0.147 e. The highest BCUT2D eigenvalue weighted by molar-refractivity contribution is 7.99. The van der Waals surface area contributed by atoms with Crippen molar-refractivity contribution < 1.29 is 0 Å². The van der Waals surface area contributed by atoms with Crippen LogP contribution in [0, 0.1) is 6.92 Å². The summed E-state index contributed by atoms with van der Waals surface area (Å²) in [6, 6.07) is 8.24. The van der Waals surface area contributed by atoms with Crippen molar-refractivity contribution in [2.45, 2.75) is 6.92 Å². The van der Waals surface area contributed by atoms with Crippen molar-refractivity contribution in [2.75, 3.05) is 0 Å². The van der Waals surface area contributed by atoms with Gasteiger partial charge in [-0.25, -0.2) is 0 Å². The topological polar surface area (TPSA) is 0 Å². The van der Waals surface area contributed by atoms with Crippen LogP contribution in [0.25, 0.3) is 0 Å². The van der Waals surface area contributed by atoms with Gasteiger partial charge in [0.25, 0.3) is 0 Å². The molecule has 1 aromatic rings. The molecule has 1 atom stereocenters. The number of halogens is 2. The van der Waals surface area contributed by atoms with Crippen LogP contribution in [0.2, 0.25) is 0 Å². The lowest BCUT2D eigenvalue weighted by Gasteiger charge is -1.86. The fourth-order valence-electron chi connectivity index (χ4n) is 0.687. The maximum absolute atomic E-state index is 4.93. The van der Waals surface area contributed by atoms with Gasteiger partial charge >= 0.3 is 0 Å². The minimum Gasteiger partial charge on any atom is -0.147 e. The first kappa shape index (κ1) is 13.9. The van der Waals surface area contributed by atoms with E-state index in [2.05, 4.69) is 19.1 Å². The minimum absolute atomic E-state index is 0. The molecule has 0 saturated carbocycles. The van der Waals surface area contributed by atoms with Crippen LogP contribution in [0.15, 0.2) is 24.3 Å². The first-order valence-electron chi connectivity index (χ1n) is 2.78. The first-order chi connectivity index (χ1) is 4.34. The van der Waals surface area contributed by atoms with Gasteiger partial charge in [0.05, 0.1) is 0 Å². The summed E-state index contributed by atoms with van der Waals surface area (Å²) in [7, 11) is 0.512. The maximum atomic E-state index is 4.93. The Morgan fingerprint density at radius 1 is 1.18 bits per heavy atom. The molecule has 0 heterocycles. The normalized spacial score (nSPS) is 8.09. The molecule has 0 bridgehead atoms. The Morgan fingerprint density at radius 2 is 1.73 bits per heavy atom. The molecule has 1 unspecified atom stereocenters. The highest BCUT2D eigenvalue weighted by atomic mass is 35.5. The van der Waals surface area contributed by atoms with Crippen molar-refractivity contribution in [3.8, 4) is 0 Å².